The van der Waals surface area contributed by atoms with Crippen LogP contribution in [0.4, 0.5) is 0 Å². The molecule has 0 saturated heterocycles. The smallest absolute Gasteiger partial charge is 0.123 e. The summed E-state index contributed by atoms with van der Waals surface area (Å²) < 4.78 is 0. The molecule has 19 heavy (non-hydrogen) atoms. The topological polar surface area (TPSA) is 20.2 Å². The number of phenols is 1. The number of benzene rings is 2. The SMILES string of the molecule is CSc1ccc(O)c2ccc(C3CCCCC3)cc12. The normalized spacial score (nSPS) is 16.9. The average molecular weight is 272 g/mol. The molecule has 1 saturated carbocycles. The van der Waals surface area contributed by atoms with Crippen LogP contribution in [0.1, 0.15) is 43.6 Å². The summed E-state index contributed by atoms with van der Waals surface area (Å²) in [6.07, 6.45) is 8.84. The third kappa shape index (κ3) is 2.46. The zero-order valence-electron chi connectivity index (χ0n) is 11.4. The van der Waals surface area contributed by atoms with E-state index in [0.29, 0.717) is 5.75 Å². The Kier molecular flexibility index (Phi) is 3.69. The van der Waals surface area contributed by atoms with Crippen LogP contribution < -0.4 is 0 Å². The Bertz CT molecular complexity index is 585. The maximum atomic E-state index is 9.98. The predicted octanol–water partition coefficient (Wildman–Crippen LogP) is 5.32. The fraction of sp³-hybridized carbons (Fsp3) is 0.412. The lowest BCUT2D eigenvalue weighted by atomic mass is 9.83. The molecule has 1 aliphatic carbocycles. The number of hydrogen-bond donors (Lipinski definition) is 1. The van der Waals surface area contributed by atoms with Gasteiger partial charge in [-0.15, -0.1) is 11.8 Å². The molecule has 100 valence electrons. The minimum atomic E-state index is 0.392. The molecule has 0 heterocycles. The van der Waals surface area contributed by atoms with Crippen LogP contribution >= 0.6 is 11.8 Å². The standard InChI is InChI=1S/C17H20OS/c1-19-17-10-9-16(18)14-8-7-13(11-15(14)17)12-5-3-2-4-6-12/h7-12,18H,2-6H2,1H3. The Balaban J connectivity index is 2.08. The van der Waals surface area contributed by atoms with Crippen LogP contribution in [-0.4, -0.2) is 11.4 Å². The van der Waals surface area contributed by atoms with Gasteiger partial charge in [0.05, 0.1) is 0 Å². The van der Waals surface area contributed by atoms with Gasteiger partial charge < -0.3 is 5.11 Å². The van der Waals surface area contributed by atoms with Gasteiger partial charge in [-0.05, 0) is 54.2 Å². The van der Waals surface area contributed by atoms with Gasteiger partial charge in [0.15, 0.2) is 0 Å². The fourth-order valence-corrected chi connectivity index (χ4v) is 3.78. The molecular formula is C17H20OS. The van der Waals surface area contributed by atoms with Crippen LogP contribution in [-0.2, 0) is 0 Å². The second-order valence-corrected chi connectivity index (χ2v) is 6.27. The maximum Gasteiger partial charge on any atom is 0.123 e. The minimum Gasteiger partial charge on any atom is -0.507 e. The fourth-order valence-electron chi connectivity index (χ4n) is 3.19. The van der Waals surface area contributed by atoms with Gasteiger partial charge >= 0.3 is 0 Å². The van der Waals surface area contributed by atoms with E-state index in [0.717, 1.165) is 11.3 Å². The zero-order chi connectivity index (χ0) is 13.2. The average Bonchev–Trinajstić information content (AvgIpc) is 2.48. The first-order chi connectivity index (χ1) is 9.29. The zero-order valence-corrected chi connectivity index (χ0v) is 12.2. The molecule has 0 spiro atoms. The van der Waals surface area contributed by atoms with Gasteiger partial charge in [-0.1, -0.05) is 31.4 Å². The summed E-state index contributed by atoms with van der Waals surface area (Å²) in [5.41, 5.74) is 1.45. The molecular weight excluding hydrogens is 252 g/mol. The van der Waals surface area contributed by atoms with E-state index >= 15 is 0 Å². The number of thioether (sulfide) groups is 1. The van der Waals surface area contributed by atoms with E-state index < -0.39 is 0 Å². The molecule has 0 amide bonds. The summed E-state index contributed by atoms with van der Waals surface area (Å²) in [4.78, 5) is 1.26. The Morgan fingerprint density at radius 1 is 1.00 bits per heavy atom. The van der Waals surface area contributed by atoms with E-state index in [4.69, 9.17) is 0 Å². The van der Waals surface area contributed by atoms with Crippen LogP contribution in [0.3, 0.4) is 0 Å². The number of aromatic hydroxyl groups is 1. The highest BCUT2D eigenvalue weighted by molar-refractivity contribution is 7.98. The van der Waals surface area contributed by atoms with E-state index in [-0.39, 0.29) is 0 Å². The van der Waals surface area contributed by atoms with Gasteiger partial charge in [0, 0.05) is 10.3 Å². The molecule has 1 fully saturated rings. The minimum absolute atomic E-state index is 0.392. The Hall–Kier alpha value is -1.15. The van der Waals surface area contributed by atoms with Gasteiger partial charge in [-0.2, -0.15) is 0 Å². The van der Waals surface area contributed by atoms with Crippen molar-refractivity contribution in [3.05, 3.63) is 35.9 Å². The van der Waals surface area contributed by atoms with E-state index in [1.54, 1.807) is 17.8 Å². The lowest BCUT2D eigenvalue weighted by Gasteiger charge is -2.22. The van der Waals surface area contributed by atoms with E-state index in [2.05, 4.69) is 24.5 Å². The Morgan fingerprint density at radius 3 is 2.53 bits per heavy atom. The summed E-state index contributed by atoms with van der Waals surface area (Å²) in [5.74, 6) is 1.11. The van der Waals surface area contributed by atoms with Crippen LogP contribution in [0.5, 0.6) is 5.75 Å². The van der Waals surface area contributed by atoms with Crippen molar-refractivity contribution in [2.45, 2.75) is 42.9 Å². The number of phenolic OH excluding ortho intramolecular Hbond substituents is 1. The molecule has 3 rings (SSSR count). The van der Waals surface area contributed by atoms with Crippen molar-refractivity contribution in [3.8, 4) is 5.75 Å². The third-order valence-corrected chi connectivity index (χ3v) is 5.07. The van der Waals surface area contributed by atoms with Crippen LogP contribution in [0.2, 0.25) is 0 Å². The van der Waals surface area contributed by atoms with Gasteiger partial charge in [-0.3, -0.25) is 0 Å². The molecule has 1 aliphatic rings. The van der Waals surface area contributed by atoms with Crippen molar-refractivity contribution in [3.63, 3.8) is 0 Å². The van der Waals surface area contributed by atoms with E-state index in [1.807, 2.05) is 6.07 Å². The maximum absolute atomic E-state index is 9.98. The lowest BCUT2D eigenvalue weighted by molar-refractivity contribution is 0.444. The van der Waals surface area contributed by atoms with Gasteiger partial charge in [0.2, 0.25) is 0 Å². The highest BCUT2D eigenvalue weighted by atomic mass is 32.2. The van der Waals surface area contributed by atoms with Crippen LogP contribution in [0.25, 0.3) is 10.8 Å². The summed E-state index contributed by atoms with van der Waals surface area (Å²) in [5, 5.41) is 12.2. The molecule has 0 atom stereocenters. The Morgan fingerprint density at radius 2 is 1.79 bits per heavy atom. The van der Waals surface area contributed by atoms with Gasteiger partial charge in [-0.25, -0.2) is 0 Å². The van der Waals surface area contributed by atoms with E-state index in [1.165, 1.54) is 47.9 Å². The number of hydrogen-bond acceptors (Lipinski definition) is 2. The molecule has 0 aliphatic heterocycles. The predicted molar refractivity (Wildman–Crippen MR) is 83.2 cm³/mol. The van der Waals surface area contributed by atoms with Crippen molar-refractivity contribution < 1.29 is 5.11 Å². The van der Waals surface area contributed by atoms with Crippen molar-refractivity contribution in [2.75, 3.05) is 6.26 Å². The van der Waals surface area contributed by atoms with Crippen LogP contribution in [0.15, 0.2) is 35.2 Å². The molecule has 1 N–H and O–H groups in total. The van der Waals surface area contributed by atoms with Crippen LogP contribution in [0, 0.1) is 0 Å². The van der Waals surface area contributed by atoms with Crippen molar-refractivity contribution in [1.29, 1.82) is 0 Å². The Labute approximate surface area is 119 Å². The van der Waals surface area contributed by atoms with Gasteiger partial charge in [0.1, 0.15) is 5.75 Å². The second-order valence-electron chi connectivity index (χ2n) is 5.43. The monoisotopic (exact) mass is 272 g/mol. The summed E-state index contributed by atoms with van der Waals surface area (Å²) in [6.45, 7) is 0. The lowest BCUT2D eigenvalue weighted by Crippen LogP contribution is -2.04. The van der Waals surface area contributed by atoms with E-state index in [9.17, 15) is 5.11 Å². The molecule has 2 aromatic carbocycles. The van der Waals surface area contributed by atoms with Crippen molar-refractivity contribution in [2.24, 2.45) is 0 Å². The summed E-state index contributed by atoms with van der Waals surface area (Å²) in [7, 11) is 0. The third-order valence-electron chi connectivity index (χ3n) is 4.27. The first kappa shape index (κ1) is 12.9. The van der Waals surface area contributed by atoms with Crippen molar-refractivity contribution in [1.82, 2.24) is 0 Å². The molecule has 0 aromatic heterocycles. The first-order valence-corrected chi connectivity index (χ1v) is 8.31. The molecule has 0 radical (unpaired) electrons. The van der Waals surface area contributed by atoms with Gasteiger partial charge in [0.25, 0.3) is 0 Å². The van der Waals surface area contributed by atoms with Crippen molar-refractivity contribution >= 4 is 22.5 Å². The molecule has 2 aromatic rings. The first-order valence-electron chi connectivity index (χ1n) is 7.09. The summed E-state index contributed by atoms with van der Waals surface area (Å²) >= 11 is 1.75. The molecule has 0 bridgehead atoms. The number of fused-ring (bicyclic) bond motifs is 1. The second kappa shape index (κ2) is 5.46. The largest absolute Gasteiger partial charge is 0.507 e. The molecule has 0 unspecified atom stereocenters. The molecule has 1 nitrogen and oxygen atoms in total. The highest BCUT2D eigenvalue weighted by Gasteiger charge is 2.16. The quantitative estimate of drug-likeness (QED) is 0.747. The molecule has 2 heteroatoms. The number of rotatable bonds is 2. The highest BCUT2D eigenvalue weighted by Crippen LogP contribution is 2.38. The summed E-state index contributed by atoms with van der Waals surface area (Å²) in [6, 6.07) is 10.4.